The molecule has 0 aliphatic carbocycles. The van der Waals surface area contributed by atoms with E-state index in [9.17, 15) is 8.78 Å². The molecular formula is C13H17ClF2N2. The Morgan fingerprint density at radius 1 is 1.06 bits per heavy atom. The van der Waals surface area contributed by atoms with E-state index < -0.39 is 0 Å². The molecule has 1 fully saturated rings. The van der Waals surface area contributed by atoms with Gasteiger partial charge in [0.15, 0.2) is 0 Å². The van der Waals surface area contributed by atoms with Crippen LogP contribution in [0.3, 0.4) is 0 Å². The van der Waals surface area contributed by atoms with E-state index in [4.69, 9.17) is 11.6 Å². The van der Waals surface area contributed by atoms with Crippen LogP contribution in [0.15, 0.2) is 18.2 Å². The van der Waals surface area contributed by atoms with Gasteiger partial charge < -0.3 is 0 Å². The maximum atomic E-state index is 13.5. The molecule has 0 amide bonds. The lowest BCUT2D eigenvalue weighted by atomic mass is 10.2. The average Bonchev–Trinajstić information content (AvgIpc) is 2.37. The quantitative estimate of drug-likeness (QED) is 0.778. The Morgan fingerprint density at radius 3 is 2.39 bits per heavy atom. The van der Waals surface area contributed by atoms with Crippen molar-refractivity contribution < 1.29 is 8.78 Å². The first-order valence-electron chi connectivity index (χ1n) is 6.13. The van der Waals surface area contributed by atoms with E-state index >= 15 is 0 Å². The molecule has 1 aromatic carbocycles. The smallest absolute Gasteiger partial charge is 0.127 e. The first-order chi connectivity index (χ1) is 8.69. The van der Waals surface area contributed by atoms with Gasteiger partial charge >= 0.3 is 0 Å². The van der Waals surface area contributed by atoms with Gasteiger partial charge in [-0.1, -0.05) is 0 Å². The van der Waals surface area contributed by atoms with Crippen molar-refractivity contribution in [1.82, 2.24) is 9.80 Å². The maximum absolute atomic E-state index is 13.5. The molecule has 0 saturated carbocycles. The van der Waals surface area contributed by atoms with Gasteiger partial charge in [-0.2, -0.15) is 0 Å². The molecule has 1 aliphatic heterocycles. The van der Waals surface area contributed by atoms with Gasteiger partial charge in [-0.25, -0.2) is 8.78 Å². The van der Waals surface area contributed by atoms with Crippen molar-refractivity contribution in [2.75, 3.05) is 38.6 Å². The van der Waals surface area contributed by atoms with E-state index in [0.717, 1.165) is 38.8 Å². The number of halogens is 3. The average molecular weight is 275 g/mol. The van der Waals surface area contributed by atoms with E-state index in [1.165, 1.54) is 12.1 Å². The zero-order chi connectivity index (χ0) is 13.0. The molecule has 2 rings (SSSR count). The van der Waals surface area contributed by atoms with Crippen molar-refractivity contribution in [2.45, 2.75) is 6.54 Å². The minimum Gasteiger partial charge on any atom is -0.300 e. The molecular weight excluding hydrogens is 258 g/mol. The van der Waals surface area contributed by atoms with Gasteiger partial charge in [0.1, 0.15) is 11.6 Å². The molecule has 0 atom stereocenters. The molecule has 1 saturated heterocycles. The molecule has 0 radical (unpaired) electrons. The standard InChI is InChI=1S/C13H17ClF2N2/c14-3-4-17-5-7-18(8-6-17)10-11-9-12(15)1-2-13(11)16/h1-2,9H,3-8,10H2. The number of benzene rings is 1. The Bertz CT molecular complexity index is 393. The van der Waals surface area contributed by atoms with Crippen LogP contribution in [0.1, 0.15) is 5.56 Å². The Hall–Kier alpha value is -0.710. The van der Waals surface area contributed by atoms with Crippen LogP contribution in [0.2, 0.25) is 0 Å². The van der Waals surface area contributed by atoms with Crippen molar-refractivity contribution in [3.8, 4) is 0 Å². The van der Waals surface area contributed by atoms with Gasteiger partial charge in [-0.3, -0.25) is 9.80 Å². The summed E-state index contributed by atoms with van der Waals surface area (Å²) in [7, 11) is 0. The fourth-order valence-electron chi connectivity index (χ4n) is 2.20. The third kappa shape index (κ3) is 3.64. The minimum atomic E-state index is -0.382. The van der Waals surface area contributed by atoms with Crippen LogP contribution in [0.5, 0.6) is 0 Å². The first kappa shape index (κ1) is 13.7. The van der Waals surface area contributed by atoms with Gasteiger partial charge in [0.2, 0.25) is 0 Å². The Balaban J connectivity index is 1.89. The first-order valence-corrected chi connectivity index (χ1v) is 6.67. The highest BCUT2D eigenvalue weighted by molar-refractivity contribution is 6.18. The van der Waals surface area contributed by atoms with E-state index in [2.05, 4.69) is 9.80 Å². The summed E-state index contributed by atoms with van der Waals surface area (Å²) in [5, 5.41) is 0. The van der Waals surface area contributed by atoms with Crippen LogP contribution in [0.4, 0.5) is 8.78 Å². The lowest BCUT2D eigenvalue weighted by molar-refractivity contribution is 0.131. The molecule has 18 heavy (non-hydrogen) atoms. The summed E-state index contributed by atoms with van der Waals surface area (Å²) < 4.78 is 26.6. The summed E-state index contributed by atoms with van der Waals surface area (Å²) in [5.74, 6) is -0.0785. The summed E-state index contributed by atoms with van der Waals surface area (Å²) in [6.07, 6.45) is 0. The highest BCUT2D eigenvalue weighted by Gasteiger charge is 2.17. The number of rotatable bonds is 4. The topological polar surface area (TPSA) is 6.48 Å². The highest BCUT2D eigenvalue weighted by atomic mass is 35.5. The van der Waals surface area contributed by atoms with Crippen LogP contribution in [0, 0.1) is 11.6 Å². The number of hydrogen-bond acceptors (Lipinski definition) is 2. The molecule has 5 heteroatoms. The second kappa shape index (κ2) is 6.45. The molecule has 100 valence electrons. The van der Waals surface area contributed by atoms with E-state index in [-0.39, 0.29) is 11.6 Å². The second-order valence-electron chi connectivity index (χ2n) is 4.54. The molecule has 1 heterocycles. The third-order valence-corrected chi connectivity index (χ3v) is 3.44. The number of nitrogens with zero attached hydrogens (tertiary/aromatic N) is 2. The van der Waals surface area contributed by atoms with Gasteiger partial charge in [-0.05, 0) is 18.2 Å². The van der Waals surface area contributed by atoms with Crippen LogP contribution < -0.4 is 0 Å². The Kier molecular flexibility index (Phi) is 4.92. The molecule has 0 unspecified atom stereocenters. The SMILES string of the molecule is Fc1ccc(F)c(CN2CCN(CCCl)CC2)c1. The lowest BCUT2D eigenvalue weighted by Crippen LogP contribution is -2.46. The van der Waals surface area contributed by atoms with Gasteiger partial charge in [0, 0.05) is 50.7 Å². The number of alkyl halides is 1. The molecule has 1 aliphatic rings. The normalized spacial score (nSPS) is 18.2. The van der Waals surface area contributed by atoms with Crippen molar-refractivity contribution in [3.63, 3.8) is 0 Å². The monoisotopic (exact) mass is 274 g/mol. The highest BCUT2D eigenvalue weighted by Crippen LogP contribution is 2.13. The van der Waals surface area contributed by atoms with Crippen molar-refractivity contribution >= 4 is 11.6 Å². The Morgan fingerprint density at radius 2 is 1.72 bits per heavy atom. The second-order valence-corrected chi connectivity index (χ2v) is 4.92. The fourth-order valence-corrected chi connectivity index (χ4v) is 2.43. The van der Waals surface area contributed by atoms with Crippen molar-refractivity contribution in [3.05, 3.63) is 35.4 Å². The minimum absolute atomic E-state index is 0.334. The van der Waals surface area contributed by atoms with E-state index in [0.29, 0.717) is 18.0 Å². The predicted molar refractivity (Wildman–Crippen MR) is 68.8 cm³/mol. The zero-order valence-corrected chi connectivity index (χ0v) is 11.0. The number of piperazine rings is 1. The van der Waals surface area contributed by atoms with Gasteiger partial charge in [0.25, 0.3) is 0 Å². The molecule has 0 N–H and O–H groups in total. The molecule has 0 bridgehead atoms. The van der Waals surface area contributed by atoms with E-state index in [1.54, 1.807) is 0 Å². The molecule has 1 aromatic rings. The van der Waals surface area contributed by atoms with Crippen LogP contribution >= 0.6 is 11.6 Å². The molecule has 0 aromatic heterocycles. The Labute approximate surface area is 111 Å². The van der Waals surface area contributed by atoms with Crippen LogP contribution in [-0.2, 0) is 6.54 Å². The summed E-state index contributed by atoms with van der Waals surface area (Å²) in [6.45, 7) is 4.97. The van der Waals surface area contributed by atoms with Crippen LogP contribution in [-0.4, -0.2) is 48.4 Å². The fraction of sp³-hybridized carbons (Fsp3) is 0.538. The van der Waals surface area contributed by atoms with Gasteiger partial charge in [0.05, 0.1) is 0 Å². The largest absolute Gasteiger partial charge is 0.300 e. The maximum Gasteiger partial charge on any atom is 0.127 e. The predicted octanol–water partition coefficient (Wildman–Crippen LogP) is 2.32. The summed E-state index contributed by atoms with van der Waals surface area (Å²) >= 11 is 5.69. The van der Waals surface area contributed by atoms with E-state index in [1.807, 2.05) is 0 Å². The molecule has 0 spiro atoms. The van der Waals surface area contributed by atoms with Crippen molar-refractivity contribution in [1.29, 1.82) is 0 Å². The number of hydrogen-bond donors (Lipinski definition) is 0. The van der Waals surface area contributed by atoms with Crippen LogP contribution in [0.25, 0.3) is 0 Å². The molecule has 2 nitrogen and oxygen atoms in total. The van der Waals surface area contributed by atoms with Gasteiger partial charge in [-0.15, -0.1) is 11.6 Å². The third-order valence-electron chi connectivity index (χ3n) is 3.27. The summed E-state index contributed by atoms with van der Waals surface area (Å²) in [6, 6.07) is 3.62. The lowest BCUT2D eigenvalue weighted by Gasteiger charge is -2.34. The zero-order valence-electron chi connectivity index (χ0n) is 10.2. The summed E-state index contributed by atoms with van der Waals surface area (Å²) in [5.41, 5.74) is 0.431. The summed E-state index contributed by atoms with van der Waals surface area (Å²) in [4.78, 5) is 4.42. The van der Waals surface area contributed by atoms with Crippen molar-refractivity contribution in [2.24, 2.45) is 0 Å².